The lowest BCUT2D eigenvalue weighted by atomic mass is 9.96. The summed E-state index contributed by atoms with van der Waals surface area (Å²) >= 11 is 8.55. The van der Waals surface area contributed by atoms with Crippen LogP contribution in [-0.4, -0.2) is 73.5 Å². The van der Waals surface area contributed by atoms with Gasteiger partial charge in [0.05, 0.1) is 12.8 Å². The molecule has 0 bridgehead atoms. The molecule has 210 valence electrons. The van der Waals surface area contributed by atoms with E-state index in [0.717, 1.165) is 17.3 Å². The van der Waals surface area contributed by atoms with E-state index >= 15 is 0 Å². The van der Waals surface area contributed by atoms with E-state index in [4.69, 9.17) is 37.0 Å². The molecule has 1 N–H and O–H groups in total. The number of carbonyl (C=O) groups is 1. The Morgan fingerprint density at radius 1 is 1.32 bits per heavy atom. The maximum Gasteiger partial charge on any atom is 0.355 e. The number of ether oxygens (including phenoxy) is 4. The normalized spacial score (nSPS) is 25.8. The second kappa shape index (κ2) is 11.9. The number of rotatable bonds is 7. The number of nitrogens with zero attached hydrogens (tertiary/aromatic N) is 5. The summed E-state index contributed by atoms with van der Waals surface area (Å²) in [6.45, 7) is 0.215. The van der Waals surface area contributed by atoms with Gasteiger partial charge in [-0.2, -0.15) is 0 Å². The summed E-state index contributed by atoms with van der Waals surface area (Å²) in [5, 5.41) is 21.2. The zero-order valence-electron chi connectivity index (χ0n) is 21.4. The second-order valence-electron chi connectivity index (χ2n) is 9.11. The topological polar surface area (TPSA) is 131 Å². The third kappa shape index (κ3) is 5.60. The Kier molecular flexibility index (Phi) is 8.05. The van der Waals surface area contributed by atoms with Crippen LogP contribution in [0.3, 0.4) is 0 Å². The first-order valence-electron chi connectivity index (χ1n) is 12.3. The minimum Gasteiger partial charge on any atom is -0.476 e. The van der Waals surface area contributed by atoms with Gasteiger partial charge in [0.2, 0.25) is 0 Å². The van der Waals surface area contributed by atoms with Gasteiger partial charge in [-0.15, -0.1) is 22.9 Å². The van der Waals surface area contributed by atoms with Crippen molar-refractivity contribution < 1.29 is 28.8 Å². The van der Waals surface area contributed by atoms with Gasteiger partial charge >= 0.3 is 5.97 Å². The molecule has 4 aromatic rings. The summed E-state index contributed by atoms with van der Waals surface area (Å²) in [4.78, 5) is 20.7. The molecular formula is C27H22ClN5O6S2. The predicted molar refractivity (Wildman–Crippen MR) is 150 cm³/mol. The number of halogens is 1. The van der Waals surface area contributed by atoms with Gasteiger partial charge < -0.3 is 24.1 Å². The standard InChI is InChI=1S/C27H22ClN5O6S2/c1-3-14-9-18(20(25(34)35)29-10-14)41-27-23(36-2)21(33-11-16(31-32-33)24-30-19(28)13-40-24)22-17(38-27)12-37-26(39-22)15-7-5-4-6-8-15/h1,4-11,13,17,21-23,26-27H,12H2,2H3,(H,34,35). The van der Waals surface area contributed by atoms with Crippen molar-refractivity contribution >= 4 is 40.7 Å². The van der Waals surface area contributed by atoms with Crippen molar-refractivity contribution in [1.82, 2.24) is 25.0 Å². The average molecular weight is 612 g/mol. The maximum absolute atomic E-state index is 12.0. The first kappa shape index (κ1) is 27.8. The number of hydrogen-bond donors (Lipinski definition) is 1. The molecule has 0 amide bonds. The van der Waals surface area contributed by atoms with Crippen LogP contribution in [0.25, 0.3) is 10.7 Å². The van der Waals surface area contributed by atoms with Crippen LogP contribution in [0.4, 0.5) is 0 Å². The quantitative estimate of drug-likeness (QED) is 0.300. The van der Waals surface area contributed by atoms with E-state index in [1.54, 1.807) is 29.4 Å². The van der Waals surface area contributed by atoms with E-state index in [1.165, 1.54) is 17.5 Å². The number of thioether (sulfide) groups is 1. The first-order chi connectivity index (χ1) is 19.9. The monoisotopic (exact) mass is 611 g/mol. The molecule has 0 radical (unpaired) electrons. The fourth-order valence-corrected chi connectivity index (χ4v) is 6.98. The van der Waals surface area contributed by atoms with Gasteiger partial charge in [0.1, 0.15) is 45.6 Å². The SMILES string of the molecule is C#Cc1cnc(C(=O)O)c(SC2OC3COC(c4ccccc4)OC3C(n3cc(-c4nc(Cl)cs4)nn3)C2OC)c1. The molecule has 2 saturated heterocycles. The first-order valence-corrected chi connectivity index (χ1v) is 14.5. The summed E-state index contributed by atoms with van der Waals surface area (Å²) in [5.41, 5.74) is 0.983. The highest BCUT2D eigenvalue weighted by atomic mass is 35.5. The molecule has 14 heteroatoms. The molecule has 11 nitrogen and oxygen atoms in total. The number of methoxy groups -OCH3 is 1. The van der Waals surface area contributed by atoms with Crippen molar-refractivity contribution in [3.05, 3.63) is 76.1 Å². The van der Waals surface area contributed by atoms with Crippen molar-refractivity contribution in [2.75, 3.05) is 13.7 Å². The van der Waals surface area contributed by atoms with Gasteiger partial charge in [-0.3, -0.25) is 0 Å². The van der Waals surface area contributed by atoms with Crippen LogP contribution in [0.2, 0.25) is 5.15 Å². The van der Waals surface area contributed by atoms with E-state index in [2.05, 4.69) is 26.2 Å². The Hall–Kier alpha value is -3.35. The lowest BCUT2D eigenvalue weighted by molar-refractivity contribution is -0.308. The van der Waals surface area contributed by atoms with Crippen LogP contribution >= 0.6 is 34.7 Å². The molecule has 5 heterocycles. The summed E-state index contributed by atoms with van der Waals surface area (Å²) < 4.78 is 26.7. The largest absolute Gasteiger partial charge is 0.476 e. The van der Waals surface area contributed by atoms with Crippen molar-refractivity contribution in [2.24, 2.45) is 0 Å². The fraction of sp³-hybridized carbons (Fsp3) is 0.296. The van der Waals surface area contributed by atoms with Crippen molar-refractivity contribution in [1.29, 1.82) is 0 Å². The molecule has 2 aliphatic heterocycles. The second-order valence-corrected chi connectivity index (χ2v) is 11.5. The van der Waals surface area contributed by atoms with Crippen LogP contribution in [0.15, 0.2) is 59.1 Å². The average Bonchev–Trinajstić information content (AvgIpc) is 3.65. The number of terminal acetylenes is 1. The van der Waals surface area contributed by atoms with Crippen LogP contribution in [0.5, 0.6) is 0 Å². The minimum atomic E-state index is -1.19. The van der Waals surface area contributed by atoms with Crippen LogP contribution in [-0.2, 0) is 18.9 Å². The van der Waals surface area contributed by atoms with Crippen LogP contribution in [0.1, 0.15) is 33.9 Å². The summed E-state index contributed by atoms with van der Waals surface area (Å²) in [6.07, 6.45) is 6.27. The Balaban J connectivity index is 1.38. The zero-order valence-corrected chi connectivity index (χ0v) is 23.8. The zero-order chi connectivity index (χ0) is 28.5. The van der Waals surface area contributed by atoms with Gasteiger partial charge in [0.25, 0.3) is 0 Å². The lowest BCUT2D eigenvalue weighted by Gasteiger charge is -2.48. The van der Waals surface area contributed by atoms with E-state index in [-0.39, 0.29) is 12.3 Å². The molecule has 1 aromatic carbocycles. The van der Waals surface area contributed by atoms with Crippen molar-refractivity contribution in [2.45, 2.75) is 41.0 Å². The molecule has 0 spiro atoms. The number of carboxylic acid groups (broad SMARTS) is 1. The Morgan fingerprint density at radius 2 is 2.15 bits per heavy atom. The number of thiazole rings is 1. The van der Waals surface area contributed by atoms with E-state index in [1.807, 2.05) is 30.3 Å². The summed E-state index contributed by atoms with van der Waals surface area (Å²) in [6, 6.07) is 10.6. The van der Waals surface area contributed by atoms with Crippen molar-refractivity contribution in [3.63, 3.8) is 0 Å². The predicted octanol–water partition coefficient (Wildman–Crippen LogP) is 4.32. The number of carboxylic acids is 1. The molecule has 3 aromatic heterocycles. The van der Waals surface area contributed by atoms with E-state index in [9.17, 15) is 9.90 Å². The smallest absolute Gasteiger partial charge is 0.355 e. The molecular weight excluding hydrogens is 590 g/mol. The van der Waals surface area contributed by atoms with Gasteiger partial charge in [-0.25, -0.2) is 19.4 Å². The van der Waals surface area contributed by atoms with Gasteiger partial charge in [-0.05, 0) is 6.07 Å². The Bertz CT molecular complexity index is 1590. The molecule has 6 unspecified atom stereocenters. The number of benzene rings is 1. The van der Waals surface area contributed by atoms with Gasteiger partial charge in [0, 0.05) is 34.7 Å². The summed E-state index contributed by atoms with van der Waals surface area (Å²) in [7, 11) is 1.55. The van der Waals surface area contributed by atoms with E-state index < -0.39 is 42.0 Å². The third-order valence-corrected chi connectivity index (χ3v) is 8.99. The maximum atomic E-state index is 12.0. The molecule has 6 atom stereocenters. The van der Waals surface area contributed by atoms with Crippen molar-refractivity contribution in [3.8, 4) is 23.0 Å². The molecule has 0 aliphatic carbocycles. The number of aromatic carboxylic acids is 1. The molecule has 41 heavy (non-hydrogen) atoms. The molecule has 0 saturated carbocycles. The molecule has 6 rings (SSSR count). The van der Waals surface area contributed by atoms with Gasteiger partial charge in [0.15, 0.2) is 12.0 Å². The number of hydrogen-bond acceptors (Lipinski definition) is 11. The van der Waals surface area contributed by atoms with Gasteiger partial charge in [-0.1, -0.05) is 64.8 Å². The van der Waals surface area contributed by atoms with Crippen LogP contribution < -0.4 is 0 Å². The molecule has 2 fully saturated rings. The Morgan fingerprint density at radius 3 is 2.85 bits per heavy atom. The number of aromatic nitrogens is 5. The third-order valence-electron chi connectivity index (χ3n) is 6.63. The highest BCUT2D eigenvalue weighted by Gasteiger charge is 2.52. The lowest BCUT2D eigenvalue weighted by Crippen LogP contribution is -2.59. The highest BCUT2D eigenvalue weighted by molar-refractivity contribution is 8.00. The number of pyridine rings is 1. The minimum absolute atomic E-state index is 0.143. The fourth-order valence-electron chi connectivity index (χ4n) is 4.78. The molecule has 2 aliphatic rings. The van der Waals surface area contributed by atoms with E-state index in [0.29, 0.717) is 26.3 Å². The number of fused-ring (bicyclic) bond motifs is 1. The highest BCUT2D eigenvalue weighted by Crippen LogP contribution is 2.45. The van der Waals surface area contributed by atoms with Crippen LogP contribution in [0, 0.1) is 12.3 Å². The Labute approximate surface area is 247 Å². The summed E-state index contributed by atoms with van der Waals surface area (Å²) in [5.74, 6) is 1.31.